The van der Waals surface area contributed by atoms with Gasteiger partial charge in [-0.1, -0.05) is 42.9 Å². The van der Waals surface area contributed by atoms with E-state index >= 15 is 0 Å². The number of nitrogens with one attached hydrogen (secondary N) is 1. The van der Waals surface area contributed by atoms with Crippen LogP contribution >= 0.6 is 11.3 Å². The highest BCUT2D eigenvalue weighted by molar-refractivity contribution is 7.22. The van der Waals surface area contributed by atoms with Gasteiger partial charge in [-0.2, -0.15) is 0 Å². The van der Waals surface area contributed by atoms with Gasteiger partial charge in [-0.3, -0.25) is 10.1 Å². The van der Waals surface area contributed by atoms with Crippen LogP contribution in [0.25, 0.3) is 16.3 Å². The predicted octanol–water partition coefficient (Wildman–Crippen LogP) is 5.53. The number of carbonyl (C=O) groups is 1. The maximum Gasteiger partial charge on any atom is 0.250 e. The van der Waals surface area contributed by atoms with E-state index in [1.807, 2.05) is 49.4 Å². The van der Waals surface area contributed by atoms with Gasteiger partial charge in [-0.15, -0.1) is 0 Å². The first kappa shape index (κ1) is 19.9. The Morgan fingerprint density at radius 1 is 1.14 bits per heavy atom. The molecule has 0 saturated carbocycles. The summed E-state index contributed by atoms with van der Waals surface area (Å²) in [5.41, 5.74) is 1.75. The predicted molar refractivity (Wildman–Crippen MR) is 115 cm³/mol. The van der Waals surface area contributed by atoms with Crippen molar-refractivity contribution in [2.24, 2.45) is 0 Å². The highest BCUT2D eigenvalue weighted by atomic mass is 32.1. The van der Waals surface area contributed by atoms with Gasteiger partial charge in [-0.05, 0) is 49.2 Å². The monoisotopic (exact) mass is 396 g/mol. The number of rotatable bonds is 9. The molecule has 0 unspecified atom stereocenters. The number of anilines is 1. The summed E-state index contributed by atoms with van der Waals surface area (Å²) in [6.45, 7) is 5.27. The highest BCUT2D eigenvalue weighted by Gasteiger charge is 2.07. The largest absolute Gasteiger partial charge is 0.490 e. The van der Waals surface area contributed by atoms with Gasteiger partial charge in [0.15, 0.2) is 16.6 Å². The molecule has 0 bridgehead atoms. The van der Waals surface area contributed by atoms with Crippen LogP contribution < -0.4 is 14.8 Å². The fourth-order valence-corrected chi connectivity index (χ4v) is 3.46. The fourth-order valence-electron chi connectivity index (χ4n) is 2.59. The molecular formula is C22H24N2O3S. The highest BCUT2D eigenvalue weighted by Crippen LogP contribution is 2.29. The number of para-hydroxylation sites is 1. The molecule has 0 aliphatic rings. The van der Waals surface area contributed by atoms with Gasteiger partial charge in [0.2, 0.25) is 5.91 Å². The minimum atomic E-state index is -0.222. The zero-order valence-corrected chi connectivity index (χ0v) is 16.9. The van der Waals surface area contributed by atoms with Crippen molar-refractivity contribution in [3.8, 4) is 11.5 Å². The minimum absolute atomic E-state index is 0.222. The molecule has 28 heavy (non-hydrogen) atoms. The van der Waals surface area contributed by atoms with Crippen LogP contribution in [0.5, 0.6) is 11.5 Å². The molecule has 0 radical (unpaired) electrons. The van der Waals surface area contributed by atoms with Crippen molar-refractivity contribution >= 4 is 38.7 Å². The van der Waals surface area contributed by atoms with Crippen molar-refractivity contribution in [3.05, 3.63) is 54.1 Å². The second-order valence-corrected chi connectivity index (χ2v) is 7.18. The Balaban J connectivity index is 1.66. The normalized spacial score (nSPS) is 11.1. The Morgan fingerprint density at radius 3 is 2.79 bits per heavy atom. The van der Waals surface area contributed by atoms with E-state index in [0.717, 1.165) is 34.4 Å². The number of aromatic nitrogens is 1. The fraction of sp³-hybridized carbons (Fsp3) is 0.273. The van der Waals surface area contributed by atoms with E-state index in [9.17, 15) is 4.79 Å². The van der Waals surface area contributed by atoms with E-state index in [1.165, 1.54) is 17.4 Å². The first-order chi connectivity index (χ1) is 13.7. The Kier molecular flexibility index (Phi) is 7.03. The first-order valence-corrected chi connectivity index (χ1v) is 10.3. The standard InChI is InChI=1S/C22H24N2O3S/c1-3-5-14-27-18-12-10-16(15-19(18)26-4-2)11-13-21(25)24-22-23-17-8-6-7-9-20(17)28-22/h6-13,15H,3-5,14H2,1-2H3,(H,23,24,25)/b13-11+. The van der Waals surface area contributed by atoms with Crippen LogP contribution in [0, 0.1) is 0 Å². The number of amides is 1. The van der Waals surface area contributed by atoms with Crippen molar-refractivity contribution in [2.75, 3.05) is 18.5 Å². The Morgan fingerprint density at radius 2 is 2.00 bits per heavy atom. The molecule has 1 heterocycles. The maximum atomic E-state index is 12.2. The summed E-state index contributed by atoms with van der Waals surface area (Å²) in [6.07, 6.45) is 5.32. The minimum Gasteiger partial charge on any atom is -0.490 e. The van der Waals surface area contributed by atoms with E-state index in [-0.39, 0.29) is 5.91 Å². The number of ether oxygens (including phenoxy) is 2. The van der Waals surface area contributed by atoms with Gasteiger partial charge in [0, 0.05) is 6.08 Å². The Bertz CT molecular complexity index is 932. The number of nitrogens with zero attached hydrogens (tertiary/aromatic N) is 1. The molecule has 0 aliphatic heterocycles. The van der Waals surface area contributed by atoms with Crippen LogP contribution in [0.2, 0.25) is 0 Å². The van der Waals surface area contributed by atoms with Crippen LogP contribution in [-0.2, 0) is 4.79 Å². The lowest BCUT2D eigenvalue weighted by Gasteiger charge is -2.12. The maximum absolute atomic E-state index is 12.2. The molecule has 0 atom stereocenters. The lowest BCUT2D eigenvalue weighted by Crippen LogP contribution is -2.07. The number of carbonyl (C=O) groups excluding carboxylic acids is 1. The molecule has 0 spiro atoms. The van der Waals surface area contributed by atoms with Gasteiger partial charge in [0.05, 0.1) is 23.4 Å². The summed E-state index contributed by atoms with van der Waals surface area (Å²) >= 11 is 1.45. The van der Waals surface area contributed by atoms with Crippen molar-refractivity contribution in [2.45, 2.75) is 26.7 Å². The molecule has 0 saturated heterocycles. The lowest BCUT2D eigenvalue weighted by molar-refractivity contribution is -0.111. The zero-order chi connectivity index (χ0) is 19.8. The summed E-state index contributed by atoms with van der Waals surface area (Å²) in [7, 11) is 0. The third kappa shape index (κ3) is 5.33. The van der Waals surface area contributed by atoms with Gasteiger partial charge in [-0.25, -0.2) is 4.98 Å². The SMILES string of the molecule is CCCCOc1ccc(/C=C/C(=O)Nc2nc3ccccc3s2)cc1OCC. The van der Waals surface area contributed by atoms with Gasteiger partial charge >= 0.3 is 0 Å². The van der Waals surface area contributed by atoms with Crippen LogP contribution in [0.4, 0.5) is 5.13 Å². The molecule has 3 rings (SSSR count). The molecule has 0 fully saturated rings. The third-order valence-corrected chi connectivity index (χ3v) is 4.93. The van der Waals surface area contributed by atoms with E-state index in [0.29, 0.717) is 24.1 Å². The summed E-state index contributed by atoms with van der Waals surface area (Å²) in [6, 6.07) is 13.5. The van der Waals surface area contributed by atoms with Crippen molar-refractivity contribution in [1.29, 1.82) is 0 Å². The molecule has 0 aliphatic carbocycles. The van der Waals surface area contributed by atoms with E-state index < -0.39 is 0 Å². The first-order valence-electron chi connectivity index (χ1n) is 9.44. The molecule has 1 aromatic heterocycles. The topological polar surface area (TPSA) is 60.5 Å². The Hall–Kier alpha value is -2.86. The molecule has 1 amide bonds. The summed E-state index contributed by atoms with van der Waals surface area (Å²) < 4.78 is 12.5. The van der Waals surface area contributed by atoms with Gasteiger partial charge < -0.3 is 9.47 Å². The second-order valence-electron chi connectivity index (χ2n) is 6.15. The molecule has 3 aromatic rings. The molecule has 1 N–H and O–H groups in total. The second kappa shape index (κ2) is 9.90. The molecule has 2 aromatic carbocycles. The molecule has 6 heteroatoms. The summed E-state index contributed by atoms with van der Waals surface area (Å²) in [5.74, 6) is 1.19. The average Bonchev–Trinajstić information content (AvgIpc) is 3.10. The number of hydrogen-bond donors (Lipinski definition) is 1. The van der Waals surface area contributed by atoms with Crippen LogP contribution in [0.1, 0.15) is 32.3 Å². The zero-order valence-electron chi connectivity index (χ0n) is 16.1. The van der Waals surface area contributed by atoms with Crippen LogP contribution in [0.15, 0.2) is 48.5 Å². The number of hydrogen-bond acceptors (Lipinski definition) is 5. The van der Waals surface area contributed by atoms with Crippen molar-refractivity contribution in [1.82, 2.24) is 4.98 Å². The van der Waals surface area contributed by atoms with Gasteiger partial charge in [0.25, 0.3) is 0 Å². The third-order valence-electron chi connectivity index (χ3n) is 3.97. The van der Waals surface area contributed by atoms with Crippen molar-refractivity contribution < 1.29 is 14.3 Å². The summed E-state index contributed by atoms with van der Waals surface area (Å²) in [4.78, 5) is 16.6. The summed E-state index contributed by atoms with van der Waals surface area (Å²) in [5, 5.41) is 3.40. The quantitative estimate of drug-likeness (QED) is 0.382. The smallest absolute Gasteiger partial charge is 0.250 e. The van der Waals surface area contributed by atoms with Crippen LogP contribution in [0.3, 0.4) is 0 Å². The van der Waals surface area contributed by atoms with Crippen molar-refractivity contribution in [3.63, 3.8) is 0 Å². The average molecular weight is 397 g/mol. The number of fused-ring (bicyclic) bond motifs is 1. The number of thiazole rings is 1. The van der Waals surface area contributed by atoms with E-state index in [4.69, 9.17) is 9.47 Å². The van der Waals surface area contributed by atoms with E-state index in [1.54, 1.807) is 6.08 Å². The Labute approximate surface area is 169 Å². The number of benzene rings is 2. The lowest BCUT2D eigenvalue weighted by atomic mass is 10.2. The van der Waals surface area contributed by atoms with E-state index in [2.05, 4.69) is 17.2 Å². The number of unbranched alkanes of at least 4 members (excludes halogenated alkanes) is 1. The molecule has 5 nitrogen and oxygen atoms in total. The molecular weight excluding hydrogens is 372 g/mol. The molecule has 146 valence electrons. The van der Waals surface area contributed by atoms with Gasteiger partial charge in [0.1, 0.15) is 0 Å². The van der Waals surface area contributed by atoms with Crippen LogP contribution in [-0.4, -0.2) is 24.1 Å².